The molecule has 128 valence electrons. The van der Waals surface area contributed by atoms with Crippen molar-refractivity contribution in [3.05, 3.63) is 65.2 Å². The number of nitrogens with zero attached hydrogens (tertiary/aromatic N) is 2. The summed E-state index contributed by atoms with van der Waals surface area (Å²) in [5.41, 5.74) is 2.97. The first kappa shape index (κ1) is 17.0. The smallest absolute Gasteiger partial charge is 0.256 e. The fourth-order valence-corrected chi connectivity index (χ4v) is 3.22. The van der Waals surface area contributed by atoms with E-state index in [1.165, 1.54) is 0 Å². The van der Waals surface area contributed by atoms with Gasteiger partial charge in [-0.05, 0) is 42.7 Å². The molecule has 1 heterocycles. The Bertz CT molecular complexity index is 798. The summed E-state index contributed by atoms with van der Waals surface area (Å²) in [6.07, 6.45) is 1.77. The lowest BCUT2D eigenvalue weighted by molar-refractivity contribution is 0.0678. The number of carbonyl (C=O) groups is 1. The molecule has 0 spiro atoms. The molecule has 0 aromatic heterocycles. The predicted octanol–water partition coefficient (Wildman–Crippen LogP) is 2.77. The molecular formula is C20H21N3O2. The zero-order valence-electron chi connectivity index (χ0n) is 14.0. The summed E-state index contributed by atoms with van der Waals surface area (Å²) >= 11 is 0. The Morgan fingerprint density at radius 1 is 1.28 bits per heavy atom. The van der Waals surface area contributed by atoms with E-state index in [4.69, 9.17) is 5.26 Å². The second-order valence-electron chi connectivity index (χ2n) is 6.19. The van der Waals surface area contributed by atoms with Gasteiger partial charge in [-0.25, -0.2) is 0 Å². The zero-order chi connectivity index (χ0) is 17.6. The largest absolute Gasteiger partial charge is 0.394 e. The molecule has 0 bridgehead atoms. The molecule has 5 nitrogen and oxygen atoms in total. The number of aliphatic hydroxyl groups is 1. The molecule has 1 amide bonds. The highest BCUT2D eigenvalue weighted by Gasteiger charge is 2.29. The minimum atomic E-state index is -0.0899. The van der Waals surface area contributed by atoms with Crippen molar-refractivity contribution >= 4 is 11.6 Å². The Morgan fingerprint density at radius 3 is 2.92 bits per heavy atom. The minimum absolute atomic E-state index is 0.00227. The summed E-state index contributed by atoms with van der Waals surface area (Å²) in [6.45, 7) is 1.22. The van der Waals surface area contributed by atoms with Gasteiger partial charge in [0, 0.05) is 18.8 Å². The number of likely N-dealkylation sites (tertiary alicyclic amines) is 1. The molecule has 1 aliphatic heterocycles. The molecule has 0 saturated carbocycles. The maximum atomic E-state index is 12.9. The van der Waals surface area contributed by atoms with Gasteiger partial charge in [0.25, 0.3) is 5.91 Å². The summed E-state index contributed by atoms with van der Waals surface area (Å²) in [4.78, 5) is 14.6. The third-order valence-electron chi connectivity index (χ3n) is 4.55. The molecule has 0 aliphatic carbocycles. The maximum Gasteiger partial charge on any atom is 0.256 e. The lowest BCUT2D eigenvalue weighted by Crippen LogP contribution is -2.37. The van der Waals surface area contributed by atoms with Crippen LogP contribution in [0.25, 0.3) is 0 Å². The van der Waals surface area contributed by atoms with Gasteiger partial charge < -0.3 is 15.3 Å². The zero-order valence-corrected chi connectivity index (χ0v) is 14.0. The average molecular weight is 335 g/mol. The van der Waals surface area contributed by atoms with Gasteiger partial charge in [-0.2, -0.15) is 5.26 Å². The first-order chi connectivity index (χ1) is 12.2. The second-order valence-corrected chi connectivity index (χ2v) is 6.19. The molecule has 1 fully saturated rings. The Balaban J connectivity index is 1.77. The summed E-state index contributed by atoms with van der Waals surface area (Å²) in [5.74, 6) is -0.0505. The SMILES string of the molecule is N#Cc1cccc(CNc2ccccc2C(=O)N2CCC[C@H]2CO)c1. The number of aliphatic hydroxyl groups excluding tert-OH is 1. The molecular weight excluding hydrogens is 314 g/mol. The Morgan fingerprint density at radius 2 is 2.12 bits per heavy atom. The Hall–Kier alpha value is -2.84. The summed E-state index contributed by atoms with van der Waals surface area (Å²) in [5, 5.41) is 21.8. The van der Waals surface area contributed by atoms with Crippen molar-refractivity contribution in [2.45, 2.75) is 25.4 Å². The molecule has 3 rings (SSSR count). The second kappa shape index (κ2) is 7.82. The van der Waals surface area contributed by atoms with Crippen molar-refractivity contribution in [3.8, 4) is 6.07 Å². The van der Waals surface area contributed by atoms with Crippen LogP contribution < -0.4 is 5.32 Å². The minimum Gasteiger partial charge on any atom is -0.394 e. The average Bonchev–Trinajstić information content (AvgIpc) is 3.15. The lowest BCUT2D eigenvalue weighted by atomic mass is 10.1. The van der Waals surface area contributed by atoms with Gasteiger partial charge in [0.15, 0.2) is 0 Å². The third-order valence-corrected chi connectivity index (χ3v) is 4.55. The van der Waals surface area contributed by atoms with Crippen LogP contribution in [-0.4, -0.2) is 35.1 Å². The van der Waals surface area contributed by atoms with Gasteiger partial charge >= 0.3 is 0 Å². The summed E-state index contributed by atoms with van der Waals surface area (Å²) in [7, 11) is 0. The van der Waals surface area contributed by atoms with Crippen LogP contribution >= 0.6 is 0 Å². The van der Waals surface area contributed by atoms with E-state index in [0.29, 0.717) is 24.2 Å². The molecule has 2 aromatic rings. The number of nitriles is 1. The fourth-order valence-electron chi connectivity index (χ4n) is 3.22. The monoisotopic (exact) mass is 335 g/mol. The topological polar surface area (TPSA) is 76.4 Å². The van der Waals surface area contributed by atoms with Crippen molar-refractivity contribution in [2.75, 3.05) is 18.5 Å². The van der Waals surface area contributed by atoms with Crippen LogP contribution in [-0.2, 0) is 6.54 Å². The highest BCUT2D eigenvalue weighted by atomic mass is 16.3. The number of rotatable bonds is 5. The molecule has 0 unspecified atom stereocenters. The Kier molecular flexibility index (Phi) is 5.32. The molecule has 1 atom stereocenters. The maximum absolute atomic E-state index is 12.9. The first-order valence-corrected chi connectivity index (χ1v) is 8.46. The summed E-state index contributed by atoms with van der Waals surface area (Å²) in [6, 6.07) is 16.9. The number of hydrogen-bond acceptors (Lipinski definition) is 4. The van der Waals surface area contributed by atoms with Gasteiger partial charge in [-0.15, -0.1) is 0 Å². The number of anilines is 1. The van der Waals surface area contributed by atoms with E-state index < -0.39 is 0 Å². The number of carbonyl (C=O) groups excluding carboxylic acids is 1. The fraction of sp³-hybridized carbons (Fsp3) is 0.300. The van der Waals surface area contributed by atoms with E-state index in [-0.39, 0.29) is 18.6 Å². The molecule has 1 aliphatic rings. The van der Waals surface area contributed by atoms with Crippen molar-refractivity contribution < 1.29 is 9.90 Å². The lowest BCUT2D eigenvalue weighted by Gasteiger charge is -2.24. The molecule has 1 saturated heterocycles. The molecule has 2 aromatic carbocycles. The van der Waals surface area contributed by atoms with Crippen molar-refractivity contribution in [1.29, 1.82) is 5.26 Å². The van der Waals surface area contributed by atoms with Crippen LogP contribution in [0, 0.1) is 11.3 Å². The molecule has 5 heteroatoms. The normalized spacial score (nSPS) is 16.5. The van der Waals surface area contributed by atoms with E-state index in [9.17, 15) is 9.90 Å². The van der Waals surface area contributed by atoms with Crippen LogP contribution in [0.4, 0.5) is 5.69 Å². The molecule has 2 N–H and O–H groups in total. The predicted molar refractivity (Wildman–Crippen MR) is 96.1 cm³/mol. The van der Waals surface area contributed by atoms with E-state index in [1.807, 2.05) is 42.5 Å². The van der Waals surface area contributed by atoms with Crippen molar-refractivity contribution in [2.24, 2.45) is 0 Å². The Labute approximate surface area is 147 Å². The third kappa shape index (κ3) is 3.81. The van der Waals surface area contributed by atoms with Gasteiger partial charge in [0.1, 0.15) is 0 Å². The quantitative estimate of drug-likeness (QED) is 0.881. The van der Waals surface area contributed by atoms with Gasteiger partial charge in [0.2, 0.25) is 0 Å². The van der Waals surface area contributed by atoms with E-state index >= 15 is 0 Å². The number of para-hydroxylation sites is 1. The van der Waals surface area contributed by atoms with Gasteiger partial charge in [0.05, 0.1) is 29.8 Å². The van der Waals surface area contributed by atoms with Crippen LogP contribution in [0.5, 0.6) is 0 Å². The van der Waals surface area contributed by atoms with Gasteiger partial charge in [-0.1, -0.05) is 24.3 Å². The summed E-state index contributed by atoms with van der Waals surface area (Å²) < 4.78 is 0. The standard InChI is InChI=1S/C20H21N3O2/c21-12-15-5-3-6-16(11-15)13-22-19-9-2-1-8-18(19)20(25)23-10-4-7-17(23)14-24/h1-3,5-6,8-9,11,17,22,24H,4,7,10,13-14H2/t17-/m0/s1. The molecule has 25 heavy (non-hydrogen) atoms. The highest BCUT2D eigenvalue weighted by molar-refractivity contribution is 6.00. The van der Waals surface area contributed by atoms with Crippen LogP contribution in [0.2, 0.25) is 0 Å². The van der Waals surface area contributed by atoms with Crippen LogP contribution in [0.15, 0.2) is 48.5 Å². The number of hydrogen-bond donors (Lipinski definition) is 2. The number of nitrogens with one attached hydrogen (secondary N) is 1. The van der Waals surface area contributed by atoms with Crippen molar-refractivity contribution in [3.63, 3.8) is 0 Å². The van der Waals surface area contributed by atoms with Gasteiger partial charge in [-0.3, -0.25) is 4.79 Å². The van der Waals surface area contributed by atoms with E-state index in [1.54, 1.807) is 11.0 Å². The van der Waals surface area contributed by atoms with E-state index in [2.05, 4.69) is 11.4 Å². The van der Waals surface area contributed by atoms with E-state index in [0.717, 1.165) is 24.1 Å². The van der Waals surface area contributed by atoms with Crippen LogP contribution in [0.1, 0.15) is 34.3 Å². The highest BCUT2D eigenvalue weighted by Crippen LogP contribution is 2.24. The first-order valence-electron chi connectivity index (χ1n) is 8.46. The number of amides is 1. The van der Waals surface area contributed by atoms with Crippen LogP contribution in [0.3, 0.4) is 0 Å². The molecule has 0 radical (unpaired) electrons. The number of benzene rings is 2. The van der Waals surface area contributed by atoms with Crippen molar-refractivity contribution in [1.82, 2.24) is 4.90 Å².